The van der Waals surface area contributed by atoms with Crippen molar-refractivity contribution in [2.24, 2.45) is 0 Å². The first-order valence-corrected chi connectivity index (χ1v) is 10.4. The summed E-state index contributed by atoms with van der Waals surface area (Å²) >= 11 is 0. The number of nitrogens with one attached hydrogen (secondary N) is 1. The van der Waals surface area contributed by atoms with Crippen LogP contribution in [0, 0.1) is 0 Å². The molecule has 8 heteroatoms. The molecule has 2 aromatic heterocycles. The number of methoxy groups -OCH3 is 1. The normalized spacial score (nSPS) is 15.8. The lowest BCUT2D eigenvalue weighted by atomic mass is 10.0. The van der Waals surface area contributed by atoms with Crippen molar-refractivity contribution in [1.82, 2.24) is 19.4 Å². The van der Waals surface area contributed by atoms with Gasteiger partial charge in [-0.25, -0.2) is 14.6 Å². The molecule has 1 aliphatic rings. The number of carbonyl (C=O) groups excluding carboxylic acids is 1. The van der Waals surface area contributed by atoms with Crippen molar-refractivity contribution in [3.05, 3.63) is 76.8 Å². The number of hydrogen-bond acceptors (Lipinski definition) is 6. The van der Waals surface area contributed by atoms with Crippen molar-refractivity contribution in [2.45, 2.75) is 12.5 Å². The van der Waals surface area contributed by atoms with Crippen molar-refractivity contribution < 1.29 is 14.6 Å². The number of esters is 1. The van der Waals surface area contributed by atoms with Gasteiger partial charge in [-0.1, -0.05) is 18.2 Å². The third kappa shape index (κ3) is 3.25. The van der Waals surface area contributed by atoms with Gasteiger partial charge < -0.3 is 15.2 Å². The quantitative estimate of drug-likeness (QED) is 0.483. The van der Waals surface area contributed by atoms with E-state index < -0.39 is 5.97 Å². The van der Waals surface area contributed by atoms with E-state index >= 15 is 0 Å². The molecule has 3 heterocycles. The summed E-state index contributed by atoms with van der Waals surface area (Å²) in [6.07, 6.45) is 2.59. The number of carbonyl (C=O) groups is 1. The number of fused-ring (bicyclic) bond motifs is 1. The first-order chi connectivity index (χ1) is 15.6. The Labute approximate surface area is 183 Å². The molecule has 4 aromatic rings. The number of ether oxygens (including phenoxy) is 1. The number of hydrogen-bond donors (Lipinski definition) is 2. The summed E-state index contributed by atoms with van der Waals surface area (Å²) in [5.74, 6) is -0.736. The number of phenolic OH excluding ortho intramolecular Hbond substituents is 1. The minimum absolute atomic E-state index is 0.0779. The zero-order valence-corrected chi connectivity index (χ0v) is 17.5. The Balaban J connectivity index is 1.58. The Kier molecular flexibility index (Phi) is 4.99. The van der Waals surface area contributed by atoms with Crippen molar-refractivity contribution in [2.75, 3.05) is 20.2 Å². The van der Waals surface area contributed by atoms with Crippen molar-refractivity contribution >= 4 is 17.1 Å². The molecule has 1 atom stereocenters. The molecular formula is C24H22N4O4. The Hall–Kier alpha value is -3.91. The van der Waals surface area contributed by atoms with E-state index in [-0.39, 0.29) is 23.0 Å². The van der Waals surface area contributed by atoms with Crippen LogP contribution >= 0.6 is 0 Å². The summed E-state index contributed by atoms with van der Waals surface area (Å²) in [4.78, 5) is 29.8. The van der Waals surface area contributed by atoms with Gasteiger partial charge in [0.25, 0.3) is 0 Å². The summed E-state index contributed by atoms with van der Waals surface area (Å²) in [7, 11) is 1.27. The average Bonchev–Trinajstić information content (AvgIpc) is 3.44. The second-order valence-electron chi connectivity index (χ2n) is 7.75. The van der Waals surface area contributed by atoms with E-state index in [1.165, 1.54) is 13.2 Å². The minimum Gasteiger partial charge on any atom is -0.507 e. The van der Waals surface area contributed by atoms with Crippen LogP contribution < -0.4 is 11.0 Å². The van der Waals surface area contributed by atoms with Crippen LogP contribution in [0.2, 0.25) is 0 Å². The number of aromatic nitrogens is 3. The summed E-state index contributed by atoms with van der Waals surface area (Å²) in [5, 5.41) is 13.3. The topological polar surface area (TPSA) is 98.4 Å². The van der Waals surface area contributed by atoms with E-state index in [9.17, 15) is 14.7 Å². The van der Waals surface area contributed by atoms with E-state index in [0.29, 0.717) is 5.65 Å². The minimum atomic E-state index is -0.603. The fraction of sp³-hybridized carbons (Fsp3) is 0.208. The van der Waals surface area contributed by atoms with E-state index in [1.54, 1.807) is 27.5 Å². The number of phenols is 1. The molecule has 0 saturated carbocycles. The molecule has 1 fully saturated rings. The van der Waals surface area contributed by atoms with Crippen LogP contribution in [0.5, 0.6) is 5.75 Å². The predicted molar refractivity (Wildman–Crippen MR) is 120 cm³/mol. The first-order valence-electron chi connectivity index (χ1n) is 10.4. The van der Waals surface area contributed by atoms with Gasteiger partial charge in [-0.05, 0) is 60.5 Å². The summed E-state index contributed by atoms with van der Waals surface area (Å²) < 4.78 is 8.20. The summed E-state index contributed by atoms with van der Waals surface area (Å²) in [5.41, 5.74) is 3.75. The van der Waals surface area contributed by atoms with E-state index in [0.717, 1.165) is 41.8 Å². The predicted octanol–water partition coefficient (Wildman–Crippen LogP) is 2.88. The molecule has 0 aliphatic carbocycles. The first kappa shape index (κ1) is 20.0. The Morgan fingerprint density at radius 3 is 2.66 bits per heavy atom. The molecule has 162 valence electrons. The molecule has 8 nitrogen and oxygen atoms in total. The van der Waals surface area contributed by atoms with Crippen LogP contribution in [0.15, 0.2) is 65.6 Å². The van der Waals surface area contributed by atoms with Gasteiger partial charge in [0.15, 0.2) is 5.65 Å². The van der Waals surface area contributed by atoms with E-state index in [2.05, 4.69) is 10.3 Å². The highest BCUT2D eigenvalue weighted by Gasteiger charge is 2.24. The van der Waals surface area contributed by atoms with Gasteiger partial charge in [-0.15, -0.1) is 0 Å². The number of aromatic hydroxyl groups is 1. The monoisotopic (exact) mass is 430 g/mol. The van der Waals surface area contributed by atoms with Gasteiger partial charge in [0.1, 0.15) is 11.3 Å². The van der Waals surface area contributed by atoms with Crippen LogP contribution in [0.3, 0.4) is 0 Å². The lowest BCUT2D eigenvalue weighted by Crippen LogP contribution is -2.28. The highest BCUT2D eigenvalue weighted by molar-refractivity contribution is 5.94. The molecule has 0 bridgehead atoms. The van der Waals surface area contributed by atoms with Gasteiger partial charge in [-0.3, -0.25) is 9.13 Å². The molecule has 2 aromatic carbocycles. The fourth-order valence-electron chi connectivity index (χ4n) is 4.28. The molecule has 2 N–H and O–H groups in total. The second kappa shape index (κ2) is 7.97. The van der Waals surface area contributed by atoms with Crippen molar-refractivity contribution in [3.63, 3.8) is 0 Å². The van der Waals surface area contributed by atoms with E-state index in [1.807, 2.05) is 36.4 Å². The standard InChI is InChI=1S/C24H22N4O4/c1-32-23(30)19-13-16(6-9-21(19)29)15-4-7-17(8-5-15)27-20-3-2-11-26-22(20)28(24(27)31)18-10-12-25-14-18/h2-9,11,13,18,25,29H,10,12,14H2,1H3/t18-/m0/s1. The molecule has 0 spiro atoms. The number of pyridine rings is 1. The Morgan fingerprint density at radius 2 is 1.94 bits per heavy atom. The van der Waals surface area contributed by atoms with Crippen molar-refractivity contribution in [3.8, 4) is 22.6 Å². The van der Waals surface area contributed by atoms with Gasteiger partial charge >= 0.3 is 11.7 Å². The lowest BCUT2D eigenvalue weighted by Gasteiger charge is -2.10. The van der Waals surface area contributed by atoms with Crippen LogP contribution in [0.4, 0.5) is 0 Å². The molecule has 32 heavy (non-hydrogen) atoms. The van der Waals surface area contributed by atoms with Crippen LogP contribution in [0.25, 0.3) is 28.0 Å². The number of imidazole rings is 1. The zero-order chi connectivity index (χ0) is 22.2. The molecule has 1 aliphatic heterocycles. The summed E-state index contributed by atoms with van der Waals surface area (Å²) in [6, 6.07) is 16.1. The SMILES string of the molecule is COC(=O)c1cc(-c2ccc(-n3c(=O)n([C@H]4CCNC4)c4ncccc43)cc2)ccc1O. The third-order valence-corrected chi connectivity index (χ3v) is 5.89. The molecule has 0 amide bonds. The van der Waals surface area contributed by atoms with Crippen LogP contribution in [-0.2, 0) is 4.74 Å². The van der Waals surface area contributed by atoms with Gasteiger partial charge in [0, 0.05) is 12.7 Å². The molecule has 0 unspecified atom stereocenters. The second-order valence-corrected chi connectivity index (χ2v) is 7.75. The number of rotatable bonds is 4. The molecular weight excluding hydrogens is 408 g/mol. The lowest BCUT2D eigenvalue weighted by molar-refractivity contribution is 0.0597. The smallest absolute Gasteiger partial charge is 0.341 e. The van der Waals surface area contributed by atoms with Gasteiger partial charge in [0.05, 0.1) is 24.4 Å². The van der Waals surface area contributed by atoms with Crippen LogP contribution in [0.1, 0.15) is 22.8 Å². The highest BCUT2D eigenvalue weighted by atomic mass is 16.5. The maximum absolute atomic E-state index is 13.4. The van der Waals surface area contributed by atoms with Gasteiger partial charge in [0.2, 0.25) is 0 Å². The molecule has 0 radical (unpaired) electrons. The number of benzene rings is 2. The maximum Gasteiger partial charge on any atom is 0.341 e. The maximum atomic E-state index is 13.4. The fourth-order valence-corrected chi connectivity index (χ4v) is 4.28. The van der Waals surface area contributed by atoms with Crippen molar-refractivity contribution in [1.29, 1.82) is 0 Å². The van der Waals surface area contributed by atoms with Gasteiger partial charge in [-0.2, -0.15) is 0 Å². The van der Waals surface area contributed by atoms with E-state index in [4.69, 9.17) is 4.74 Å². The average molecular weight is 430 g/mol. The highest BCUT2D eigenvalue weighted by Crippen LogP contribution is 2.28. The largest absolute Gasteiger partial charge is 0.507 e. The zero-order valence-electron chi connectivity index (χ0n) is 17.5. The Bertz CT molecular complexity index is 1370. The summed E-state index contributed by atoms with van der Waals surface area (Å²) in [6.45, 7) is 1.63. The Morgan fingerprint density at radius 1 is 1.16 bits per heavy atom. The third-order valence-electron chi connectivity index (χ3n) is 5.89. The molecule has 5 rings (SSSR count). The molecule has 1 saturated heterocycles. The number of nitrogens with zero attached hydrogens (tertiary/aromatic N) is 3. The van der Waals surface area contributed by atoms with Crippen LogP contribution in [-0.4, -0.2) is 45.4 Å².